The first kappa shape index (κ1) is 18.4. The lowest BCUT2D eigenvalue weighted by Gasteiger charge is -2.47. The number of rotatable bonds is 2. The summed E-state index contributed by atoms with van der Waals surface area (Å²) in [5.41, 5.74) is 2.38. The van der Waals surface area contributed by atoms with E-state index in [0.29, 0.717) is 18.2 Å². The summed E-state index contributed by atoms with van der Waals surface area (Å²) in [6.45, 7) is 10.6. The van der Waals surface area contributed by atoms with Gasteiger partial charge < -0.3 is 15.2 Å². The van der Waals surface area contributed by atoms with Gasteiger partial charge in [0.15, 0.2) is 0 Å². The van der Waals surface area contributed by atoms with Crippen LogP contribution in [0.5, 0.6) is 11.5 Å². The predicted octanol–water partition coefficient (Wildman–Crippen LogP) is 4.56. The maximum atomic E-state index is 12.6. The smallest absolute Gasteiger partial charge is 0.247 e. The minimum absolute atomic E-state index is 0.0626. The topological polar surface area (TPSA) is 58.6 Å². The molecule has 0 saturated heterocycles. The van der Waals surface area contributed by atoms with Crippen LogP contribution < -0.4 is 10.1 Å². The lowest BCUT2D eigenvalue weighted by molar-refractivity contribution is -0.118. The molecule has 146 valence electrons. The molecule has 1 saturated carbocycles. The van der Waals surface area contributed by atoms with Gasteiger partial charge in [0.1, 0.15) is 17.1 Å². The fourth-order valence-electron chi connectivity index (χ4n) is 4.52. The van der Waals surface area contributed by atoms with Crippen molar-refractivity contribution in [3.63, 3.8) is 0 Å². The number of nitrogens with one attached hydrogen (secondary N) is 1. The molecule has 0 aromatic heterocycles. The van der Waals surface area contributed by atoms with Crippen LogP contribution in [-0.4, -0.2) is 22.7 Å². The van der Waals surface area contributed by atoms with E-state index in [0.717, 1.165) is 41.7 Å². The van der Waals surface area contributed by atoms with Crippen molar-refractivity contribution in [1.82, 2.24) is 5.32 Å². The molecule has 4 rings (SSSR count). The Bertz CT molecular complexity index is 812. The maximum Gasteiger partial charge on any atom is 0.247 e. The third-order valence-electron chi connectivity index (χ3n) is 6.37. The van der Waals surface area contributed by atoms with Crippen LogP contribution >= 0.6 is 0 Å². The minimum atomic E-state index is -0.338. The highest BCUT2D eigenvalue weighted by atomic mass is 16.5. The van der Waals surface area contributed by atoms with Crippen LogP contribution in [0.25, 0.3) is 0 Å². The average molecular weight is 370 g/mol. The zero-order chi connectivity index (χ0) is 19.6. The highest BCUT2D eigenvalue weighted by Gasteiger charge is 2.47. The average Bonchev–Trinajstić information content (AvgIpc) is 3.36. The molecule has 1 aliphatic heterocycles. The Balaban J connectivity index is 1.72. The van der Waals surface area contributed by atoms with Crippen LogP contribution in [0.4, 0.5) is 0 Å². The minimum Gasteiger partial charge on any atom is -0.508 e. The summed E-state index contributed by atoms with van der Waals surface area (Å²) in [7, 11) is 0. The number of amides is 1. The number of hydrogen-bond acceptors (Lipinski definition) is 3. The Labute approximate surface area is 162 Å². The molecular formula is C23H31NO3. The van der Waals surface area contributed by atoms with E-state index in [9.17, 15) is 9.90 Å². The molecule has 1 fully saturated rings. The number of benzene rings is 1. The molecular weight excluding hydrogens is 338 g/mol. The van der Waals surface area contributed by atoms with E-state index in [2.05, 4.69) is 52.1 Å². The summed E-state index contributed by atoms with van der Waals surface area (Å²) in [6.07, 6.45) is 5.71. The van der Waals surface area contributed by atoms with Crippen LogP contribution in [0.3, 0.4) is 0 Å². The monoisotopic (exact) mass is 369 g/mol. The van der Waals surface area contributed by atoms with Crippen molar-refractivity contribution in [2.24, 2.45) is 5.92 Å². The molecule has 27 heavy (non-hydrogen) atoms. The van der Waals surface area contributed by atoms with Gasteiger partial charge in [-0.3, -0.25) is 4.79 Å². The van der Waals surface area contributed by atoms with E-state index in [-0.39, 0.29) is 28.8 Å². The molecule has 0 spiro atoms. The Kier molecular flexibility index (Phi) is 4.10. The molecule has 2 atom stereocenters. The van der Waals surface area contributed by atoms with Crippen molar-refractivity contribution in [3.8, 4) is 11.5 Å². The fourth-order valence-corrected chi connectivity index (χ4v) is 4.52. The summed E-state index contributed by atoms with van der Waals surface area (Å²) in [5, 5.41) is 14.0. The second-order valence-electron chi connectivity index (χ2n) is 9.99. The van der Waals surface area contributed by atoms with Crippen molar-refractivity contribution in [3.05, 3.63) is 34.9 Å². The molecule has 3 aliphatic rings. The fraction of sp³-hybridized carbons (Fsp3) is 0.609. The highest BCUT2D eigenvalue weighted by molar-refractivity contribution is 5.94. The maximum absolute atomic E-state index is 12.6. The molecule has 0 radical (unpaired) electrons. The summed E-state index contributed by atoms with van der Waals surface area (Å²) in [5.74, 6) is 1.48. The predicted molar refractivity (Wildman–Crippen MR) is 106 cm³/mol. The van der Waals surface area contributed by atoms with E-state index in [1.807, 2.05) is 6.07 Å². The standard InChI is InChI=1S/C23H31NO3/c1-22(2,3)14-11-18(25)20-16-10-13(21(26)24-15-7-8-15)6-9-17(16)23(4,5)27-19(20)12-14/h6,11-12,15-17,25H,7-10H2,1-5H3,(H,24,26)/t16-,17-/m1/s1. The quantitative estimate of drug-likeness (QED) is 0.803. The van der Waals surface area contributed by atoms with E-state index >= 15 is 0 Å². The van der Waals surface area contributed by atoms with Crippen LogP contribution in [0, 0.1) is 5.92 Å². The number of carbonyl (C=O) groups excluding carboxylic acids is 1. The molecule has 2 aliphatic carbocycles. The molecule has 4 heteroatoms. The van der Waals surface area contributed by atoms with Gasteiger partial charge >= 0.3 is 0 Å². The molecule has 1 heterocycles. The number of phenolic OH excluding ortho intramolecular Hbond substituents is 1. The van der Waals surface area contributed by atoms with Gasteiger partial charge in [-0.05, 0) is 62.6 Å². The number of hydrogen-bond donors (Lipinski definition) is 2. The molecule has 0 bridgehead atoms. The Morgan fingerprint density at radius 3 is 2.59 bits per heavy atom. The van der Waals surface area contributed by atoms with Gasteiger partial charge in [0.05, 0.1) is 0 Å². The zero-order valence-electron chi connectivity index (χ0n) is 17.1. The van der Waals surface area contributed by atoms with Crippen LogP contribution in [0.2, 0.25) is 0 Å². The van der Waals surface area contributed by atoms with Crippen molar-refractivity contribution in [1.29, 1.82) is 0 Å². The first-order valence-electron chi connectivity index (χ1n) is 10.1. The van der Waals surface area contributed by atoms with Crippen LogP contribution in [0.15, 0.2) is 23.8 Å². The third-order valence-corrected chi connectivity index (χ3v) is 6.37. The number of carbonyl (C=O) groups is 1. The molecule has 1 aromatic carbocycles. The second-order valence-corrected chi connectivity index (χ2v) is 9.99. The van der Waals surface area contributed by atoms with Gasteiger partial charge in [0.25, 0.3) is 0 Å². The first-order chi connectivity index (χ1) is 12.6. The van der Waals surface area contributed by atoms with E-state index in [1.54, 1.807) is 0 Å². The molecule has 1 aromatic rings. The molecule has 1 amide bonds. The summed E-state index contributed by atoms with van der Waals surface area (Å²) >= 11 is 0. The van der Waals surface area contributed by atoms with E-state index in [4.69, 9.17) is 4.74 Å². The van der Waals surface area contributed by atoms with Gasteiger partial charge in [0.2, 0.25) is 5.91 Å². The van der Waals surface area contributed by atoms with Crippen molar-refractivity contribution in [2.45, 2.75) is 83.3 Å². The molecule has 0 unspecified atom stereocenters. The number of allylic oxidation sites excluding steroid dienone is 1. The van der Waals surface area contributed by atoms with Crippen molar-refractivity contribution in [2.75, 3.05) is 0 Å². The number of phenols is 1. The Morgan fingerprint density at radius 2 is 1.96 bits per heavy atom. The first-order valence-corrected chi connectivity index (χ1v) is 10.1. The van der Waals surface area contributed by atoms with Crippen LogP contribution in [0.1, 0.15) is 77.3 Å². The lowest BCUT2D eigenvalue weighted by Crippen LogP contribution is -2.46. The zero-order valence-corrected chi connectivity index (χ0v) is 17.1. The summed E-state index contributed by atoms with van der Waals surface area (Å²) in [6, 6.07) is 4.31. The van der Waals surface area contributed by atoms with E-state index < -0.39 is 0 Å². The van der Waals surface area contributed by atoms with E-state index in [1.165, 1.54) is 0 Å². The van der Waals surface area contributed by atoms with Crippen molar-refractivity contribution >= 4 is 5.91 Å². The van der Waals surface area contributed by atoms with Gasteiger partial charge in [-0.15, -0.1) is 0 Å². The SMILES string of the molecule is CC(C)(C)c1cc(O)c2c(c1)OC(C)(C)[C@@H]1CC=C(C(=O)NC3CC3)C[C@@H]21. The van der Waals surface area contributed by atoms with Gasteiger partial charge in [-0.2, -0.15) is 0 Å². The summed E-state index contributed by atoms with van der Waals surface area (Å²) < 4.78 is 6.39. The number of ether oxygens (including phenoxy) is 1. The van der Waals surface area contributed by atoms with Gasteiger partial charge in [-0.25, -0.2) is 0 Å². The second kappa shape index (κ2) is 6.02. The Morgan fingerprint density at radius 1 is 1.26 bits per heavy atom. The largest absolute Gasteiger partial charge is 0.508 e. The molecule has 4 nitrogen and oxygen atoms in total. The number of aromatic hydroxyl groups is 1. The Hall–Kier alpha value is -1.97. The molecule has 2 N–H and O–H groups in total. The normalized spacial score (nSPS) is 26.3. The number of fused-ring (bicyclic) bond motifs is 3. The van der Waals surface area contributed by atoms with Gasteiger partial charge in [-0.1, -0.05) is 26.8 Å². The van der Waals surface area contributed by atoms with Crippen LogP contribution in [-0.2, 0) is 10.2 Å². The highest BCUT2D eigenvalue weighted by Crippen LogP contribution is 2.54. The summed E-state index contributed by atoms with van der Waals surface area (Å²) in [4.78, 5) is 12.6. The lowest BCUT2D eigenvalue weighted by atomic mass is 9.66. The third kappa shape index (κ3) is 3.35. The van der Waals surface area contributed by atoms with Crippen molar-refractivity contribution < 1.29 is 14.6 Å². The van der Waals surface area contributed by atoms with Gasteiger partial charge in [0, 0.05) is 29.0 Å².